The van der Waals surface area contributed by atoms with E-state index in [0.717, 1.165) is 5.56 Å². The predicted molar refractivity (Wildman–Crippen MR) is 73.7 cm³/mol. The van der Waals surface area contributed by atoms with Gasteiger partial charge in [-0.25, -0.2) is 4.79 Å². The largest absolute Gasteiger partial charge is 0.508 e. The smallest absolute Gasteiger partial charge is 0.417 e. The van der Waals surface area contributed by atoms with E-state index in [1.54, 1.807) is 50.2 Å². The summed E-state index contributed by atoms with van der Waals surface area (Å²) in [5, 5.41) is 12.2. The monoisotopic (exact) mass is 257 g/mol. The molecule has 4 nitrogen and oxygen atoms in total. The van der Waals surface area contributed by atoms with Crippen LogP contribution in [-0.4, -0.2) is 11.2 Å². The van der Waals surface area contributed by atoms with Crippen LogP contribution in [-0.2, 0) is 0 Å². The molecule has 0 heterocycles. The molecule has 4 heteroatoms. The van der Waals surface area contributed by atoms with Gasteiger partial charge in [0.15, 0.2) is 0 Å². The second kappa shape index (κ2) is 5.44. The van der Waals surface area contributed by atoms with E-state index in [4.69, 9.17) is 4.74 Å². The van der Waals surface area contributed by atoms with Crippen molar-refractivity contribution in [2.24, 2.45) is 0 Å². The standard InChI is InChI=1S/C15H15NO3/c1-10-9-14(17)11(2)8-13(10)16-15(18)19-12-6-4-3-5-7-12/h3-9,17H,1-2H3,(H,16,18). The first-order valence-corrected chi connectivity index (χ1v) is 5.90. The van der Waals surface area contributed by atoms with Gasteiger partial charge in [-0.2, -0.15) is 0 Å². The van der Waals surface area contributed by atoms with Crippen molar-refractivity contribution in [1.29, 1.82) is 0 Å². The van der Waals surface area contributed by atoms with Gasteiger partial charge in [0.2, 0.25) is 0 Å². The number of ether oxygens (including phenoxy) is 1. The van der Waals surface area contributed by atoms with Crippen molar-refractivity contribution in [2.45, 2.75) is 13.8 Å². The number of aryl methyl sites for hydroxylation is 2. The molecular formula is C15H15NO3. The third-order valence-corrected chi connectivity index (χ3v) is 2.73. The van der Waals surface area contributed by atoms with Crippen LogP contribution < -0.4 is 10.1 Å². The Hall–Kier alpha value is -2.49. The summed E-state index contributed by atoms with van der Waals surface area (Å²) in [6, 6.07) is 12.1. The molecule has 0 spiro atoms. The van der Waals surface area contributed by atoms with Crippen LogP contribution >= 0.6 is 0 Å². The molecule has 2 aromatic carbocycles. The van der Waals surface area contributed by atoms with Crippen molar-refractivity contribution in [3.63, 3.8) is 0 Å². The number of aromatic hydroxyl groups is 1. The fourth-order valence-corrected chi connectivity index (χ4v) is 1.67. The van der Waals surface area contributed by atoms with E-state index in [2.05, 4.69) is 5.32 Å². The maximum atomic E-state index is 11.7. The molecule has 0 aromatic heterocycles. The van der Waals surface area contributed by atoms with Crippen LogP contribution in [0.1, 0.15) is 11.1 Å². The Labute approximate surface area is 111 Å². The third kappa shape index (κ3) is 3.25. The number of carbonyl (C=O) groups is 1. The van der Waals surface area contributed by atoms with Crippen LogP contribution in [0.5, 0.6) is 11.5 Å². The highest BCUT2D eigenvalue weighted by molar-refractivity contribution is 5.87. The van der Waals surface area contributed by atoms with Gasteiger partial charge in [-0.1, -0.05) is 18.2 Å². The Morgan fingerprint density at radius 3 is 2.47 bits per heavy atom. The molecule has 98 valence electrons. The van der Waals surface area contributed by atoms with E-state index in [-0.39, 0.29) is 5.75 Å². The van der Waals surface area contributed by atoms with Crippen molar-refractivity contribution >= 4 is 11.8 Å². The lowest BCUT2D eigenvalue weighted by molar-refractivity contribution is 0.215. The fourth-order valence-electron chi connectivity index (χ4n) is 1.67. The minimum Gasteiger partial charge on any atom is -0.508 e. The highest BCUT2D eigenvalue weighted by Crippen LogP contribution is 2.25. The molecule has 0 saturated heterocycles. The number of phenols is 1. The summed E-state index contributed by atoms with van der Waals surface area (Å²) in [5.74, 6) is 0.688. The third-order valence-electron chi connectivity index (χ3n) is 2.73. The molecule has 2 N–H and O–H groups in total. The maximum absolute atomic E-state index is 11.7. The van der Waals surface area contributed by atoms with Crippen LogP contribution in [0.25, 0.3) is 0 Å². The molecule has 2 aromatic rings. The summed E-state index contributed by atoms with van der Waals surface area (Å²) in [7, 11) is 0. The zero-order valence-electron chi connectivity index (χ0n) is 10.8. The molecule has 0 bridgehead atoms. The van der Waals surface area contributed by atoms with Crippen molar-refractivity contribution < 1.29 is 14.6 Å². The summed E-state index contributed by atoms with van der Waals surface area (Å²) in [5.41, 5.74) is 2.09. The molecule has 0 aliphatic carbocycles. The minimum atomic E-state index is -0.556. The number of hydrogen-bond donors (Lipinski definition) is 2. The predicted octanol–water partition coefficient (Wildman–Crippen LogP) is 3.62. The molecule has 19 heavy (non-hydrogen) atoms. The normalized spacial score (nSPS) is 10.0. The average Bonchev–Trinajstić information content (AvgIpc) is 2.37. The van der Waals surface area contributed by atoms with Gasteiger partial charge in [-0.05, 0) is 49.2 Å². The Bertz CT molecular complexity index is 594. The molecule has 0 unspecified atom stereocenters. The molecule has 0 aliphatic heterocycles. The van der Waals surface area contributed by atoms with E-state index in [0.29, 0.717) is 17.0 Å². The van der Waals surface area contributed by atoms with E-state index in [1.807, 2.05) is 6.07 Å². The molecule has 0 fully saturated rings. The van der Waals surface area contributed by atoms with E-state index >= 15 is 0 Å². The number of carbonyl (C=O) groups excluding carboxylic acids is 1. The van der Waals surface area contributed by atoms with Crippen molar-refractivity contribution in [3.8, 4) is 11.5 Å². The lowest BCUT2D eigenvalue weighted by Gasteiger charge is -2.10. The van der Waals surface area contributed by atoms with Gasteiger partial charge in [-0.15, -0.1) is 0 Å². The Kier molecular flexibility index (Phi) is 3.71. The van der Waals surface area contributed by atoms with Gasteiger partial charge >= 0.3 is 6.09 Å². The average molecular weight is 257 g/mol. The van der Waals surface area contributed by atoms with Gasteiger partial charge in [0.05, 0.1) is 0 Å². The Morgan fingerprint density at radius 1 is 1.11 bits per heavy atom. The topological polar surface area (TPSA) is 58.6 Å². The van der Waals surface area contributed by atoms with Crippen molar-refractivity contribution in [2.75, 3.05) is 5.32 Å². The van der Waals surface area contributed by atoms with E-state index in [9.17, 15) is 9.90 Å². The number of nitrogens with one attached hydrogen (secondary N) is 1. The zero-order chi connectivity index (χ0) is 13.8. The number of rotatable bonds is 2. The molecule has 0 aliphatic rings. The second-order valence-corrected chi connectivity index (χ2v) is 4.28. The summed E-state index contributed by atoms with van der Waals surface area (Å²) < 4.78 is 5.13. The number of amides is 1. The molecule has 0 radical (unpaired) electrons. The van der Waals surface area contributed by atoms with Gasteiger partial charge < -0.3 is 9.84 Å². The molecule has 0 saturated carbocycles. The molecule has 2 rings (SSSR count). The first kappa shape index (κ1) is 13.0. The first-order valence-electron chi connectivity index (χ1n) is 5.90. The van der Waals surface area contributed by atoms with Crippen molar-refractivity contribution in [3.05, 3.63) is 53.6 Å². The zero-order valence-corrected chi connectivity index (χ0v) is 10.8. The van der Waals surface area contributed by atoms with Gasteiger partial charge in [0.25, 0.3) is 0 Å². The number of benzene rings is 2. The lowest BCUT2D eigenvalue weighted by Crippen LogP contribution is -2.17. The number of hydrogen-bond acceptors (Lipinski definition) is 3. The van der Waals surface area contributed by atoms with Crippen LogP contribution in [0.15, 0.2) is 42.5 Å². The van der Waals surface area contributed by atoms with E-state index in [1.165, 1.54) is 0 Å². The Balaban J connectivity index is 2.09. The number of para-hydroxylation sites is 1. The van der Waals surface area contributed by atoms with Gasteiger partial charge in [0.1, 0.15) is 11.5 Å². The highest BCUT2D eigenvalue weighted by Gasteiger charge is 2.09. The number of anilines is 1. The molecule has 1 amide bonds. The molecular weight excluding hydrogens is 242 g/mol. The quantitative estimate of drug-likeness (QED) is 0.808. The van der Waals surface area contributed by atoms with Crippen LogP contribution in [0.2, 0.25) is 0 Å². The van der Waals surface area contributed by atoms with Crippen LogP contribution in [0, 0.1) is 13.8 Å². The minimum absolute atomic E-state index is 0.208. The summed E-state index contributed by atoms with van der Waals surface area (Å²) in [6.07, 6.45) is -0.556. The second-order valence-electron chi connectivity index (χ2n) is 4.28. The van der Waals surface area contributed by atoms with Gasteiger partial charge in [0, 0.05) is 5.69 Å². The summed E-state index contributed by atoms with van der Waals surface area (Å²) >= 11 is 0. The van der Waals surface area contributed by atoms with Crippen LogP contribution in [0.3, 0.4) is 0 Å². The number of phenolic OH excluding ortho intramolecular Hbond substituents is 1. The van der Waals surface area contributed by atoms with Gasteiger partial charge in [-0.3, -0.25) is 5.32 Å². The summed E-state index contributed by atoms with van der Waals surface area (Å²) in [6.45, 7) is 3.57. The lowest BCUT2D eigenvalue weighted by atomic mass is 10.1. The first-order chi connectivity index (χ1) is 9.06. The highest BCUT2D eigenvalue weighted by atomic mass is 16.6. The van der Waals surface area contributed by atoms with Crippen molar-refractivity contribution in [1.82, 2.24) is 0 Å². The van der Waals surface area contributed by atoms with E-state index < -0.39 is 6.09 Å². The van der Waals surface area contributed by atoms with Crippen LogP contribution in [0.4, 0.5) is 10.5 Å². The SMILES string of the molecule is Cc1cc(NC(=O)Oc2ccccc2)c(C)cc1O. The fraction of sp³-hybridized carbons (Fsp3) is 0.133. The molecule has 0 atom stereocenters. The maximum Gasteiger partial charge on any atom is 0.417 e. The summed E-state index contributed by atoms with van der Waals surface area (Å²) in [4.78, 5) is 11.7. The Morgan fingerprint density at radius 2 is 1.79 bits per heavy atom.